The van der Waals surface area contributed by atoms with Crippen molar-refractivity contribution in [3.05, 3.63) is 34.9 Å². The Balaban J connectivity index is 2.08. The van der Waals surface area contributed by atoms with Crippen molar-refractivity contribution in [2.75, 3.05) is 26.3 Å². The van der Waals surface area contributed by atoms with Crippen molar-refractivity contribution in [1.29, 1.82) is 0 Å². The maximum Gasteiger partial charge on any atom is 0.248 e. The van der Waals surface area contributed by atoms with Gasteiger partial charge in [-0.05, 0) is 30.2 Å². The molecule has 92 valence electrons. The van der Waals surface area contributed by atoms with Crippen LogP contribution in [0.3, 0.4) is 0 Å². The minimum absolute atomic E-state index is 0.369. The van der Waals surface area contributed by atoms with Gasteiger partial charge in [-0.3, -0.25) is 9.69 Å². The number of carbonyl (C=O) groups is 1. The number of ether oxygens (including phenoxy) is 1. The summed E-state index contributed by atoms with van der Waals surface area (Å²) >= 11 is 0. The Morgan fingerprint density at radius 1 is 1.41 bits per heavy atom. The van der Waals surface area contributed by atoms with Crippen LogP contribution in [0, 0.1) is 6.92 Å². The molecular weight excluding hydrogens is 216 g/mol. The lowest BCUT2D eigenvalue weighted by Crippen LogP contribution is -2.35. The molecule has 1 amide bonds. The maximum atomic E-state index is 11.0. The average Bonchev–Trinajstić information content (AvgIpc) is 2.33. The molecule has 0 saturated carbocycles. The van der Waals surface area contributed by atoms with E-state index in [0.717, 1.165) is 38.4 Å². The summed E-state index contributed by atoms with van der Waals surface area (Å²) in [7, 11) is 0. The van der Waals surface area contributed by atoms with Gasteiger partial charge in [0.25, 0.3) is 0 Å². The topological polar surface area (TPSA) is 55.6 Å². The van der Waals surface area contributed by atoms with Gasteiger partial charge in [-0.15, -0.1) is 0 Å². The predicted octanol–water partition coefficient (Wildman–Crippen LogP) is 0.926. The molecule has 0 radical (unpaired) electrons. The lowest BCUT2D eigenvalue weighted by atomic mass is 10.0. The maximum absolute atomic E-state index is 11.0. The van der Waals surface area contributed by atoms with Gasteiger partial charge in [-0.25, -0.2) is 0 Å². The molecule has 0 aromatic heterocycles. The van der Waals surface area contributed by atoms with E-state index in [1.807, 2.05) is 19.1 Å². The second-order valence-electron chi connectivity index (χ2n) is 4.39. The molecule has 0 unspecified atom stereocenters. The van der Waals surface area contributed by atoms with Crippen molar-refractivity contribution in [3.8, 4) is 0 Å². The lowest BCUT2D eigenvalue weighted by molar-refractivity contribution is 0.0341. The Labute approximate surface area is 101 Å². The minimum atomic E-state index is -0.369. The zero-order valence-corrected chi connectivity index (χ0v) is 10.1. The molecule has 17 heavy (non-hydrogen) atoms. The summed E-state index contributed by atoms with van der Waals surface area (Å²) in [5.41, 5.74) is 8.19. The summed E-state index contributed by atoms with van der Waals surface area (Å²) in [6.07, 6.45) is 0. The fraction of sp³-hybridized carbons (Fsp3) is 0.462. The van der Waals surface area contributed by atoms with Crippen molar-refractivity contribution < 1.29 is 9.53 Å². The molecule has 1 aromatic rings. The molecule has 0 aliphatic carbocycles. The van der Waals surface area contributed by atoms with Crippen molar-refractivity contribution in [2.45, 2.75) is 13.5 Å². The number of hydrogen-bond donors (Lipinski definition) is 1. The number of carbonyl (C=O) groups excluding carboxylic acids is 1. The Morgan fingerprint density at radius 2 is 2.12 bits per heavy atom. The molecule has 0 spiro atoms. The first-order chi connectivity index (χ1) is 8.16. The summed E-state index contributed by atoms with van der Waals surface area (Å²) in [5.74, 6) is -0.369. The van der Waals surface area contributed by atoms with E-state index in [4.69, 9.17) is 10.5 Å². The molecule has 0 bridgehead atoms. The Morgan fingerprint density at radius 3 is 2.71 bits per heavy atom. The molecular formula is C13H18N2O2. The number of morpholine rings is 1. The van der Waals surface area contributed by atoms with Gasteiger partial charge in [0.15, 0.2) is 0 Å². The van der Waals surface area contributed by atoms with Crippen LogP contribution < -0.4 is 5.73 Å². The summed E-state index contributed by atoms with van der Waals surface area (Å²) in [5, 5.41) is 0. The number of rotatable bonds is 3. The first-order valence-electron chi connectivity index (χ1n) is 5.86. The molecule has 1 aliphatic heterocycles. The number of amides is 1. The van der Waals surface area contributed by atoms with E-state index in [-0.39, 0.29) is 5.91 Å². The molecule has 4 heteroatoms. The molecule has 1 fully saturated rings. The summed E-state index contributed by atoms with van der Waals surface area (Å²) in [6, 6.07) is 5.65. The zero-order valence-electron chi connectivity index (χ0n) is 10.1. The highest BCUT2D eigenvalue weighted by Crippen LogP contribution is 2.14. The zero-order chi connectivity index (χ0) is 12.3. The third-order valence-corrected chi connectivity index (χ3v) is 3.12. The molecule has 2 N–H and O–H groups in total. The van der Waals surface area contributed by atoms with Gasteiger partial charge in [0.2, 0.25) is 5.91 Å². The second kappa shape index (κ2) is 5.29. The lowest BCUT2D eigenvalue weighted by Gasteiger charge is -2.27. The van der Waals surface area contributed by atoms with Crippen LogP contribution in [0.1, 0.15) is 21.5 Å². The van der Waals surface area contributed by atoms with Crippen LogP contribution in [-0.4, -0.2) is 37.1 Å². The number of hydrogen-bond acceptors (Lipinski definition) is 3. The smallest absolute Gasteiger partial charge is 0.248 e. The van der Waals surface area contributed by atoms with E-state index < -0.39 is 0 Å². The number of nitrogens with zero attached hydrogens (tertiary/aromatic N) is 1. The Hall–Kier alpha value is -1.39. The minimum Gasteiger partial charge on any atom is -0.379 e. The van der Waals surface area contributed by atoms with E-state index >= 15 is 0 Å². The van der Waals surface area contributed by atoms with Crippen LogP contribution in [0.4, 0.5) is 0 Å². The van der Waals surface area contributed by atoms with Gasteiger partial charge in [-0.1, -0.05) is 6.07 Å². The Bertz CT molecular complexity index is 412. The van der Waals surface area contributed by atoms with E-state index in [9.17, 15) is 4.79 Å². The van der Waals surface area contributed by atoms with Crippen LogP contribution in [0.2, 0.25) is 0 Å². The van der Waals surface area contributed by atoms with Crippen molar-refractivity contribution >= 4 is 5.91 Å². The van der Waals surface area contributed by atoms with E-state index in [2.05, 4.69) is 4.90 Å². The largest absolute Gasteiger partial charge is 0.379 e. The highest BCUT2D eigenvalue weighted by atomic mass is 16.5. The van der Waals surface area contributed by atoms with Crippen LogP contribution in [0.15, 0.2) is 18.2 Å². The van der Waals surface area contributed by atoms with Gasteiger partial charge in [-0.2, -0.15) is 0 Å². The molecule has 1 saturated heterocycles. The quantitative estimate of drug-likeness (QED) is 0.846. The molecule has 2 rings (SSSR count). The van der Waals surface area contributed by atoms with Gasteiger partial charge < -0.3 is 10.5 Å². The number of nitrogens with two attached hydrogens (primary N) is 1. The summed E-state index contributed by atoms with van der Waals surface area (Å²) in [4.78, 5) is 13.4. The molecule has 4 nitrogen and oxygen atoms in total. The van der Waals surface area contributed by atoms with Gasteiger partial charge in [0.1, 0.15) is 0 Å². The van der Waals surface area contributed by atoms with Crippen molar-refractivity contribution in [1.82, 2.24) is 4.90 Å². The van der Waals surface area contributed by atoms with Crippen LogP contribution >= 0.6 is 0 Å². The van der Waals surface area contributed by atoms with Crippen LogP contribution in [0.5, 0.6) is 0 Å². The number of primary amides is 1. The highest BCUT2D eigenvalue weighted by Gasteiger charge is 2.12. The first kappa shape index (κ1) is 12.1. The van der Waals surface area contributed by atoms with Gasteiger partial charge in [0.05, 0.1) is 13.2 Å². The third kappa shape index (κ3) is 3.05. The summed E-state index contributed by atoms with van der Waals surface area (Å²) in [6.45, 7) is 6.47. The predicted molar refractivity (Wildman–Crippen MR) is 65.8 cm³/mol. The SMILES string of the molecule is Cc1cc(C(N)=O)ccc1CN1CCOCC1. The molecule has 1 heterocycles. The van der Waals surface area contributed by atoms with E-state index in [1.165, 1.54) is 5.56 Å². The number of aryl methyl sites for hydroxylation is 1. The van der Waals surface area contributed by atoms with E-state index in [0.29, 0.717) is 5.56 Å². The average molecular weight is 234 g/mol. The number of benzene rings is 1. The fourth-order valence-electron chi connectivity index (χ4n) is 2.03. The standard InChI is InChI=1S/C13H18N2O2/c1-10-8-11(13(14)16)2-3-12(10)9-15-4-6-17-7-5-15/h2-3,8H,4-7,9H2,1H3,(H2,14,16). The fourth-order valence-corrected chi connectivity index (χ4v) is 2.03. The first-order valence-corrected chi connectivity index (χ1v) is 5.86. The Kier molecular flexibility index (Phi) is 3.76. The van der Waals surface area contributed by atoms with Gasteiger partial charge >= 0.3 is 0 Å². The summed E-state index contributed by atoms with van der Waals surface area (Å²) < 4.78 is 5.32. The third-order valence-electron chi connectivity index (χ3n) is 3.12. The highest BCUT2D eigenvalue weighted by molar-refractivity contribution is 5.93. The molecule has 1 aromatic carbocycles. The second-order valence-corrected chi connectivity index (χ2v) is 4.39. The van der Waals surface area contributed by atoms with Crippen molar-refractivity contribution in [2.24, 2.45) is 5.73 Å². The van der Waals surface area contributed by atoms with E-state index in [1.54, 1.807) is 6.07 Å². The van der Waals surface area contributed by atoms with Gasteiger partial charge in [0, 0.05) is 25.2 Å². The molecule has 0 atom stereocenters. The van der Waals surface area contributed by atoms with Crippen LogP contribution in [0.25, 0.3) is 0 Å². The normalized spacial score (nSPS) is 17.0. The van der Waals surface area contributed by atoms with Crippen LogP contribution in [-0.2, 0) is 11.3 Å². The van der Waals surface area contributed by atoms with Crippen molar-refractivity contribution in [3.63, 3.8) is 0 Å². The monoisotopic (exact) mass is 234 g/mol. The molecule has 1 aliphatic rings.